The highest BCUT2D eigenvalue weighted by molar-refractivity contribution is 5.81. The summed E-state index contributed by atoms with van der Waals surface area (Å²) < 4.78 is 11.1. The van der Waals surface area contributed by atoms with Gasteiger partial charge in [0, 0.05) is 17.7 Å². The minimum Gasteiger partial charge on any atom is -0.483 e. The van der Waals surface area contributed by atoms with E-state index in [0.29, 0.717) is 22.8 Å². The van der Waals surface area contributed by atoms with Gasteiger partial charge >= 0.3 is 0 Å². The van der Waals surface area contributed by atoms with Crippen LogP contribution in [0.2, 0.25) is 0 Å². The smallest absolute Gasteiger partial charge is 0.277 e. The molecule has 1 N–H and O–H groups in total. The number of nitro groups is 1. The van der Waals surface area contributed by atoms with E-state index < -0.39 is 10.8 Å². The fourth-order valence-corrected chi connectivity index (χ4v) is 2.53. The van der Waals surface area contributed by atoms with E-state index in [1.807, 2.05) is 32.0 Å². The Kier molecular flexibility index (Phi) is 6.03. The van der Waals surface area contributed by atoms with Gasteiger partial charge in [0.1, 0.15) is 17.3 Å². The normalized spacial score (nSPS) is 10.8. The van der Waals surface area contributed by atoms with Gasteiger partial charge in [-0.2, -0.15) is 5.10 Å². The Balaban J connectivity index is 1.53. The van der Waals surface area contributed by atoms with E-state index in [1.54, 1.807) is 24.3 Å². The average molecular weight is 393 g/mol. The van der Waals surface area contributed by atoms with Gasteiger partial charge < -0.3 is 9.15 Å². The molecule has 3 rings (SSSR count). The van der Waals surface area contributed by atoms with E-state index in [4.69, 9.17) is 9.15 Å². The average Bonchev–Trinajstić information content (AvgIpc) is 3.17. The SMILES string of the molecule is Cc1ccc(C)c(OCC(=O)N/N=C/c2ccc(-c3ccc([N+](=O)[O-])cc3)o2)c1. The third kappa shape index (κ3) is 5.29. The zero-order chi connectivity index (χ0) is 20.8. The maximum Gasteiger partial charge on any atom is 0.277 e. The number of nitro benzene ring substituents is 1. The number of ether oxygens (including phenoxy) is 1. The summed E-state index contributed by atoms with van der Waals surface area (Å²) in [6.07, 6.45) is 1.37. The van der Waals surface area contributed by atoms with Crippen LogP contribution in [0.3, 0.4) is 0 Å². The van der Waals surface area contributed by atoms with Crippen molar-refractivity contribution in [2.24, 2.45) is 5.10 Å². The van der Waals surface area contributed by atoms with Gasteiger partial charge in [-0.25, -0.2) is 5.43 Å². The number of rotatable bonds is 7. The van der Waals surface area contributed by atoms with Gasteiger partial charge in [0.15, 0.2) is 6.61 Å². The first-order valence-electron chi connectivity index (χ1n) is 8.79. The molecule has 1 aromatic heterocycles. The summed E-state index contributed by atoms with van der Waals surface area (Å²) in [5.41, 5.74) is 5.07. The van der Waals surface area contributed by atoms with E-state index in [1.165, 1.54) is 18.3 Å². The molecule has 0 bridgehead atoms. The van der Waals surface area contributed by atoms with Crippen LogP contribution in [0.4, 0.5) is 5.69 Å². The second-order valence-electron chi connectivity index (χ2n) is 6.36. The summed E-state index contributed by atoms with van der Waals surface area (Å²) in [4.78, 5) is 22.1. The first-order chi connectivity index (χ1) is 13.9. The quantitative estimate of drug-likeness (QED) is 0.371. The van der Waals surface area contributed by atoms with Gasteiger partial charge in [-0.05, 0) is 55.3 Å². The molecule has 0 radical (unpaired) electrons. The lowest BCUT2D eigenvalue weighted by atomic mass is 10.1. The van der Waals surface area contributed by atoms with Crippen LogP contribution in [0.15, 0.2) is 64.1 Å². The Morgan fingerprint density at radius 3 is 2.66 bits per heavy atom. The van der Waals surface area contributed by atoms with E-state index >= 15 is 0 Å². The molecule has 0 aliphatic heterocycles. The molecule has 0 fully saturated rings. The molecule has 148 valence electrons. The fraction of sp³-hybridized carbons (Fsp3) is 0.143. The second-order valence-corrected chi connectivity index (χ2v) is 6.36. The number of carbonyl (C=O) groups is 1. The summed E-state index contributed by atoms with van der Waals surface area (Å²) in [6.45, 7) is 3.70. The van der Waals surface area contributed by atoms with Crippen molar-refractivity contribution in [3.05, 3.63) is 81.6 Å². The van der Waals surface area contributed by atoms with Crippen molar-refractivity contribution in [2.45, 2.75) is 13.8 Å². The zero-order valence-electron chi connectivity index (χ0n) is 15.9. The van der Waals surface area contributed by atoms with Crippen LogP contribution >= 0.6 is 0 Å². The molecule has 3 aromatic rings. The van der Waals surface area contributed by atoms with E-state index in [9.17, 15) is 14.9 Å². The highest BCUT2D eigenvalue weighted by Gasteiger charge is 2.08. The van der Waals surface area contributed by atoms with Crippen LogP contribution in [0.5, 0.6) is 5.75 Å². The molecule has 1 amide bonds. The summed E-state index contributed by atoms with van der Waals surface area (Å²) in [6, 6.07) is 15.2. The van der Waals surface area contributed by atoms with Crippen LogP contribution in [-0.2, 0) is 4.79 Å². The Morgan fingerprint density at radius 1 is 1.17 bits per heavy atom. The topological polar surface area (TPSA) is 107 Å². The van der Waals surface area contributed by atoms with Gasteiger partial charge in [-0.15, -0.1) is 0 Å². The predicted molar refractivity (Wildman–Crippen MR) is 108 cm³/mol. The molecule has 0 spiro atoms. The summed E-state index contributed by atoms with van der Waals surface area (Å²) in [7, 11) is 0. The Labute approximate surface area is 167 Å². The number of hydrogen-bond donors (Lipinski definition) is 1. The largest absolute Gasteiger partial charge is 0.483 e. The number of benzene rings is 2. The van der Waals surface area contributed by atoms with Crippen LogP contribution in [0.25, 0.3) is 11.3 Å². The molecule has 1 heterocycles. The maximum absolute atomic E-state index is 11.9. The monoisotopic (exact) mass is 393 g/mol. The molecule has 2 aromatic carbocycles. The van der Waals surface area contributed by atoms with E-state index in [2.05, 4.69) is 10.5 Å². The van der Waals surface area contributed by atoms with Crippen LogP contribution in [-0.4, -0.2) is 23.7 Å². The first-order valence-corrected chi connectivity index (χ1v) is 8.79. The van der Waals surface area contributed by atoms with Crippen molar-refractivity contribution in [1.29, 1.82) is 0 Å². The van der Waals surface area contributed by atoms with Crippen LogP contribution in [0, 0.1) is 24.0 Å². The van der Waals surface area contributed by atoms with Crippen molar-refractivity contribution in [3.8, 4) is 17.1 Å². The molecule has 29 heavy (non-hydrogen) atoms. The number of furan rings is 1. The molecule has 0 saturated heterocycles. The number of carbonyl (C=O) groups excluding carboxylic acids is 1. The van der Waals surface area contributed by atoms with Gasteiger partial charge in [0.2, 0.25) is 0 Å². The standard InChI is InChI=1S/C21H19N3O5/c1-14-3-4-15(2)20(11-14)28-13-21(25)23-22-12-18-9-10-19(29-18)16-5-7-17(8-6-16)24(26)27/h3-12H,13H2,1-2H3,(H,23,25)/b22-12+. The number of nitrogens with one attached hydrogen (secondary N) is 1. The lowest BCUT2D eigenvalue weighted by Gasteiger charge is -2.08. The Bertz CT molecular complexity index is 1050. The lowest BCUT2D eigenvalue weighted by molar-refractivity contribution is -0.384. The molecular formula is C21H19N3O5. The van der Waals surface area contributed by atoms with Crippen molar-refractivity contribution in [2.75, 3.05) is 6.61 Å². The highest BCUT2D eigenvalue weighted by Crippen LogP contribution is 2.24. The minimum atomic E-state index is -0.462. The lowest BCUT2D eigenvalue weighted by Crippen LogP contribution is -2.24. The van der Waals surface area contributed by atoms with Crippen molar-refractivity contribution in [1.82, 2.24) is 5.43 Å². The van der Waals surface area contributed by atoms with E-state index in [0.717, 1.165) is 11.1 Å². The van der Waals surface area contributed by atoms with Crippen molar-refractivity contribution in [3.63, 3.8) is 0 Å². The van der Waals surface area contributed by atoms with Gasteiger partial charge in [0.05, 0.1) is 11.1 Å². The highest BCUT2D eigenvalue weighted by atomic mass is 16.6. The third-order valence-electron chi connectivity index (χ3n) is 4.07. The fourth-order valence-electron chi connectivity index (χ4n) is 2.53. The number of hydrazone groups is 1. The maximum atomic E-state index is 11.9. The number of amides is 1. The summed E-state index contributed by atoms with van der Waals surface area (Å²) in [5, 5.41) is 14.6. The number of aryl methyl sites for hydroxylation is 2. The number of hydrogen-bond acceptors (Lipinski definition) is 6. The second kappa shape index (κ2) is 8.83. The van der Waals surface area contributed by atoms with Gasteiger partial charge in [-0.1, -0.05) is 12.1 Å². The molecule has 0 aliphatic carbocycles. The first kappa shape index (κ1) is 19.8. The molecular weight excluding hydrogens is 374 g/mol. The molecule has 8 heteroatoms. The predicted octanol–water partition coefficient (Wildman–Crippen LogP) is 4.00. The van der Waals surface area contributed by atoms with Crippen LogP contribution in [0.1, 0.15) is 16.9 Å². The molecule has 0 saturated carbocycles. The Morgan fingerprint density at radius 2 is 1.93 bits per heavy atom. The van der Waals surface area contributed by atoms with Crippen molar-refractivity contribution < 1.29 is 18.9 Å². The number of non-ortho nitro benzene ring substituents is 1. The molecule has 0 unspecified atom stereocenters. The molecule has 0 atom stereocenters. The minimum absolute atomic E-state index is 0.00730. The van der Waals surface area contributed by atoms with Crippen molar-refractivity contribution >= 4 is 17.8 Å². The third-order valence-corrected chi connectivity index (χ3v) is 4.07. The molecule has 0 aliphatic rings. The van der Waals surface area contributed by atoms with Gasteiger partial charge in [-0.3, -0.25) is 14.9 Å². The summed E-state index contributed by atoms with van der Waals surface area (Å²) >= 11 is 0. The Hall–Kier alpha value is -3.94. The molecule has 8 nitrogen and oxygen atoms in total. The van der Waals surface area contributed by atoms with Crippen LogP contribution < -0.4 is 10.2 Å². The van der Waals surface area contributed by atoms with Gasteiger partial charge in [0.25, 0.3) is 11.6 Å². The zero-order valence-corrected chi connectivity index (χ0v) is 15.9. The van der Waals surface area contributed by atoms with E-state index in [-0.39, 0.29) is 12.3 Å². The summed E-state index contributed by atoms with van der Waals surface area (Å²) in [5.74, 6) is 1.22. The number of nitrogens with zero attached hydrogens (tertiary/aromatic N) is 2.